The third-order valence-corrected chi connectivity index (χ3v) is 2.63. The zero-order chi connectivity index (χ0) is 12.3. The number of carbonyl (C=O) groups is 1. The van der Waals surface area contributed by atoms with E-state index >= 15 is 0 Å². The van der Waals surface area contributed by atoms with Gasteiger partial charge in [0.25, 0.3) is 6.47 Å². The maximum Gasteiger partial charge on any atom is 0.293 e. The topological polar surface area (TPSA) is 26.3 Å². The molecule has 1 aromatic carbocycles. The Bertz CT molecular complexity index is 330. The van der Waals surface area contributed by atoms with Gasteiger partial charge in [0.15, 0.2) is 0 Å². The van der Waals surface area contributed by atoms with Gasteiger partial charge in [0, 0.05) is 0 Å². The Balaban J connectivity index is 2.47. The highest BCUT2D eigenvalue weighted by Crippen LogP contribution is 2.10. The zero-order valence-electron chi connectivity index (χ0n) is 10.3. The summed E-state index contributed by atoms with van der Waals surface area (Å²) in [5.41, 5.74) is 1.13. The summed E-state index contributed by atoms with van der Waals surface area (Å²) in [4.78, 5) is 10.4. The van der Waals surface area contributed by atoms with Crippen LogP contribution in [-0.4, -0.2) is 12.6 Å². The Morgan fingerprint density at radius 3 is 2.65 bits per heavy atom. The fraction of sp³-hybridized carbons (Fsp3) is 0.400. The number of rotatable bonds is 8. The van der Waals surface area contributed by atoms with Crippen LogP contribution in [0.15, 0.2) is 36.4 Å². The molecule has 0 aliphatic rings. The van der Waals surface area contributed by atoms with Gasteiger partial charge in [-0.3, -0.25) is 4.79 Å². The standard InChI is InChI=1S/C15H20O2/c1-2-3-5-10-15(17-13-16)12-11-14-8-6-4-7-9-14/h4,6-9,11-13,15H,2-3,5,10H2,1H3/b12-11+/t15-/m1/s1. The molecule has 1 rings (SSSR count). The number of hydrogen-bond donors (Lipinski definition) is 0. The Morgan fingerprint density at radius 1 is 1.24 bits per heavy atom. The molecule has 0 N–H and O–H groups in total. The number of carbonyl (C=O) groups excluding carboxylic acids is 1. The highest BCUT2D eigenvalue weighted by atomic mass is 16.5. The molecule has 0 amide bonds. The van der Waals surface area contributed by atoms with Crippen LogP contribution >= 0.6 is 0 Å². The van der Waals surface area contributed by atoms with Crippen LogP contribution in [0.4, 0.5) is 0 Å². The van der Waals surface area contributed by atoms with Crippen molar-refractivity contribution in [3.8, 4) is 0 Å². The second-order valence-corrected chi connectivity index (χ2v) is 4.04. The highest BCUT2D eigenvalue weighted by Gasteiger charge is 2.03. The molecular weight excluding hydrogens is 212 g/mol. The van der Waals surface area contributed by atoms with Gasteiger partial charge in [0.05, 0.1) is 0 Å². The van der Waals surface area contributed by atoms with Crippen molar-refractivity contribution in [2.45, 2.75) is 38.7 Å². The normalized spacial score (nSPS) is 12.5. The molecule has 0 spiro atoms. The van der Waals surface area contributed by atoms with Crippen LogP contribution in [0.5, 0.6) is 0 Å². The van der Waals surface area contributed by atoms with E-state index < -0.39 is 0 Å². The predicted octanol–water partition coefficient (Wildman–Crippen LogP) is 3.82. The van der Waals surface area contributed by atoms with E-state index in [4.69, 9.17) is 4.74 Å². The van der Waals surface area contributed by atoms with Crippen molar-refractivity contribution in [1.29, 1.82) is 0 Å². The molecule has 0 aliphatic heterocycles. The first kappa shape index (κ1) is 13.5. The van der Waals surface area contributed by atoms with Gasteiger partial charge in [-0.15, -0.1) is 0 Å². The quantitative estimate of drug-likeness (QED) is 0.503. The number of ether oxygens (including phenoxy) is 1. The SMILES string of the molecule is CCCCC[C@H](/C=C/c1ccccc1)OC=O. The predicted molar refractivity (Wildman–Crippen MR) is 70.6 cm³/mol. The van der Waals surface area contributed by atoms with Gasteiger partial charge in [0.2, 0.25) is 0 Å². The van der Waals surface area contributed by atoms with E-state index in [1.165, 1.54) is 12.8 Å². The average molecular weight is 232 g/mol. The summed E-state index contributed by atoms with van der Waals surface area (Å²) in [6.45, 7) is 2.70. The van der Waals surface area contributed by atoms with Crippen molar-refractivity contribution in [2.75, 3.05) is 0 Å². The molecule has 0 saturated heterocycles. The second kappa shape index (κ2) is 8.57. The summed E-state index contributed by atoms with van der Waals surface area (Å²) in [5, 5.41) is 0. The Hall–Kier alpha value is -1.57. The van der Waals surface area contributed by atoms with E-state index in [0.29, 0.717) is 6.47 Å². The highest BCUT2D eigenvalue weighted by molar-refractivity contribution is 5.50. The second-order valence-electron chi connectivity index (χ2n) is 4.04. The lowest BCUT2D eigenvalue weighted by molar-refractivity contribution is -0.131. The number of unbranched alkanes of at least 4 members (excludes halogenated alkanes) is 2. The van der Waals surface area contributed by atoms with Crippen molar-refractivity contribution in [3.05, 3.63) is 42.0 Å². The van der Waals surface area contributed by atoms with E-state index in [2.05, 4.69) is 6.92 Å². The zero-order valence-corrected chi connectivity index (χ0v) is 10.3. The van der Waals surface area contributed by atoms with Crippen LogP contribution in [-0.2, 0) is 9.53 Å². The first-order valence-electron chi connectivity index (χ1n) is 6.19. The summed E-state index contributed by atoms with van der Waals surface area (Å²) >= 11 is 0. The van der Waals surface area contributed by atoms with Crippen molar-refractivity contribution < 1.29 is 9.53 Å². The van der Waals surface area contributed by atoms with E-state index in [1.54, 1.807) is 0 Å². The minimum Gasteiger partial charge on any atom is -0.460 e. The summed E-state index contributed by atoms with van der Waals surface area (Å²) in [7, 11) is 0. The van der Waals surface area contributed by atoms with Crippen LogP contribution in [0.25, 0.3) is 6.08 Å². The van der Waals surface area contributed by atoms with Gasteiger partial charge in [-0.25, -0.2) is 0 Å². The van der Waals surface area contributed by atoms with Crippen molar-refractivity contribution >= 4 is 12.5 Å². The summed E-state index contributed by atoms with van der Waals surface area (Å²) in [5.74, 6) is 0. The third kappa shape index (κ3) is 5.91. The Labute approximate surface area is 103 Å². The summed E-state index contributed by atoms with van der Waals surface area (Å²) in [6, 6.07) is 10.0. The Morgan fingerprint density at radius 2 is 2.00 bits per heavy atom. The van der Waals surface area contributed by atoms with Crippen molar-refractivity contribution in [3.63, 3.8) is 0 Å². The number of benzene rings is 1. The first-order chi connectivity index (χ1) is 8.36. The molecule has 0 saturated carbocycles. The summed E-state index contributed by atoms with van der Waals surface area (Å²) < 4.78 is 5.04. The molecule has 1 aromatic rings. The van der Waals surface area contributed by atoms with Crippen molar-refractivity contribution in [2.24, 2.45) is 0 Å². The van der Waals surface area contributed by atoms with E-state index in [1.807, 2.05) is 42.5 Å². The van der Waals surface area contributed by atoms with Gasteiger partial charge in [-0.1, -0.05) is 56.2 Å². The van der Waals surface area contributed by atoms with Crippen LogP contribution in [0, 0.1) is 0 Å². The molecule has 0 aromatic heterocycles. The van der Waals surface area contributed by atoms with Crippen molar-refractivity contribution in [1.82, 2.24) is 0 Å². The maximum absolute atomic E-state index is 10.4. The molecule has 0 fully saturated rings. The molecule has 92 valence electrons. The summed E-state index contributed by atoms with van der Waals surface area (Å²) in [6.07, 6.45) is 8.21. The van der Waals surface area contributed by atoms with Crippen LogP contribution in [0.1, 0.15) is 38.2 Å². The monoisotopic (exact) mass is 232 g/mol. The Kier molecular flexibility index (Phi) is 6.80. The molecule has 0 aliphatic carbocycles. The van der Waals surface area contributed by atoms with Gasteiger partial charge in [-0.2, -0.15) is 0 Å². The minimum absolute atomic E-state index is 0.0979. The molecule has 2 heteroatoms. The van der Waals surface area contributed by atoms with Crippen LogP contribution < -0.4 is 0 Å². The third-order valence-electron chi connectivity index (χ3n) is 2.63. The van der Waals surface area contributed by atoms with Crippen LogP contribution in [0.3, 0.4) is 0 Å². The van der Waals surface area contributed by atoms with Gasteiger partial charge < -0.3 is 4.74 Å². The fourth-order valence-corrected chi connectivity index (χ4v) is 1.66. The van der Waals surface area contributed by atoms with E-state index in [-0.39, 0.29) is 6.10 Å². The molecule has 0 bridgehead atoms. The van der Waals surface area contributed by atoms with E-state index in [0.717, 1.165) is 18.4 Å². The lowest BCUT2D eigenvalue weighted by Gasteiger charge is -2.10. The van der Waals surface area contributed by atoms with Gasteiger partial charge >= 0.3 is 0 Å². The van der Waals surface area contributed by atoms with Gasteiger partial charge in [-0.05, 0) is 24.5 Å². The lowest BCUT2D eigenvalue weighted by Crippen LogP contribution is -2.08. The minimum atomic E-state index is -0.0979. The fourth-order valence-electron chi connectivity index (χ4n) is 1.66. The molecule has 2 nitrogen and oxygen atoms in total. The molecular formula is C15H20O2. The number of hydrogen-bond acceptors (Lipinski definition) is 2. The lowest BCUT2D eigenvalue weighted by atomic mass is 10.1. The van der Waals surface area contributed by atoms with E-state index in [9.17, 15) is 4.79 Å². The molecule has 17 heavy (non-hydrogen) atoms. The molecule has 0 unspecified atom stereocenters. The van der Waals surface area contributed by atoms with Gasteiger partial charge in [0.1, 0.15) is 6.10 Å². The molecule has 1 atom stereocenters. The maximum atomic E-state index is 10.4. The van der Waals surface area contributed by atoms with Crippen LogP contribution in [0.2, 0.25) is 0 Å². The first-order valence-corrected chi connectivity index (χ1v) is 6.19. The average Bonchev–Trinajstić information content (AvgIpc) is 2.37. The molecule has 0 radical (unpaired) electrons. The molecule has 0 heterocycles. The largest absolute Gasteiger partial charge is 0.460 e. The smallest absolute Gasteiger partial charge is 0.293 e.